The molecule has 1 rings (SSSR count). The maximum absolute atomic E-state index is 9.24. The standard InChI is InChI=1S/C9H6Cl2O/c1-2-9(12)7-4-3-6(10)5-8(7)11/h1,3-5,9,12H/t9-/m1/s1. The summed E-state index contributed by atoms with van der Waals surface area (Å²) >= 11 is 11.4. The van der Waals surface area contributed by atoms with Crippen molar-refractivity contribution in [1.29, 1.82) is 0 Å². The van der Waals surface area contributed by atoms with Gasteiger partial charge in [-0.05, 0) is 12.1 Å². The normalized spacial score (nSPS) is 12.2. The molecule has 0 fully saturated rings. The Morgan fingerprint density at radius 2 is 2.08 bits per heavy atom. The molecule has 0 amide bonds. The van der Waals surface area contributed by atoms with Gasteiger partial charge in [0.2, 0.25) is 0 Å². The van der Waals surface area contributed by atoms with Gasteiger partial charge in [-0.2, -0.15) is 0 Å². The first-order valence-corrected chi connectivity index (χ1v) is 4.00. The molecule has 12 heavy (non-hydrogen) atoms. The Hall–Kier alpha value is -0.680. The van der Waals surface area contributed by atoms with E-state index in [0.717, 1.165) is 0 Å². The highest BCUT2D eigenvalue weighted by Gasteiger charge is 2.07. The van der Waals surface area contributed by atoms with E-state index in [9.17, 15) is 5.11 Å². The van der Waals surface area contributed by atoms with Crippen LogP contribution in [0.5, 0.6) is 0 Å². The fraction of sp³-hybridized carbons (Fsp3) is 0.111. The van der Waals surface area contributed by atoms with Crippen LogP contribution in [0.15, 0.2) is 18.2 Å². The van der Waals surface area contributed by atoms with Crippen molar-refractivity contribution in [2.45, 2.75) is 6.10 Å². The number of hydrogen-bond acceptors (Lipinski definition) is 1. The quantitative estimate of drug-likeness (QED) is 0.692. The fourth-order valence-electron chi connectivity index (χ4n) is 0.813. The molecule has 0 aliphatic carbocycles. The van der Waals surface area contributed by atoms with Gasteiger partial charge in [0.1, 0.15) is 6.10 Å². The third kappa shape index (κ3) is 1.92. The van der Waals surface area contributed by atoms with Gasteiger partial charge in [0.15, 0.2) is 0 Å². The van der Waals surface area contributed by atoms with Crippen LogP contribution in [0.25, 0.3) is 0 Å². The Morgan fingerprint density at radius 3 is 2.58 bits per heavy atom. The third-order valence-corrected chi connectivity index (χ3v) is 1.98. The van der Waals surface area contributed by atoms with Crippen molar-refractivity contribution in [1.82, 2.24) is 0 Å². The van der Waals surface area contributed by atoms with E-state index in [1.807, 2.05) is 0 Å². The molecule has 0 aromatic heterocycles. The molecule has 0 spiro atoms. The van der Waals surface area contributed by atoms with Crippen LogP contribution < -0.4 is 0 Å². The van der Waals surface area contributed by atoms with E-state index in [4.69, 9.17) is 29.6 Å². The maximum Gasteiger partial charge on any atom is 0.141 e. The molecule has 1 N–H and O–H groups in total. The number of rotatable bonds is 1. The molecule has 0 saturated carbocycles. The summed E-state index contributed by atoms with van der Waals surface area (Å²) in [7, 11) is 0. The van der Waals surface area contributed by atoms with E-state index < -0.39 is 6.10 Å². The lowest BCUT2D eigenvalue weighted by Gasteiger charge is -2.05. The molecule has 1 aromatic rings. The topological polar surface area (TPSA) is 20.2 Å². The van der Waals surface area contributed by atoms with Gasteiger partial charge in [0, 0.05) is 15.6 Å². The predicted molar refractivity (Wildman–Crippen MR) is 50.3 cm³/mol. The molecule has 0 radical (unpaired) electrons. The zero-order valence-electron chi connectivity index (χ0n) is 6.09. The number of benzene rings is 1. The van der Waals surface area contributed by atoms with Gasteiger partial charge in [0.05, 0.1) is 0 Å². The molecule has 0 aliphatic rings. The minimum atomic E-state index is -0.963. The van der Waals surface area contributed by atoms with E-state index in [-0.39, 0.29) is 0 Å². The summed E-state index contributed by atoms with van der Waals surface area (Å²) < 4.78 is 0. The molecule has 62 valence electrons. The lowest BCUT2D eigenvalue weighted by atomic mass is 10.1. The second kappa shape index (κ2) is 3.82. The molecule has 0 saturated heterocycles. The number of halogens is 2. The maximum atomic E-state index is 9.24. The summed E-state index contributed by atoms with van der Waals surface area (Å²) in [5, 5.41) is 10.1. The molecular formula is C9H6Cl2O. The molecule has 0 unspecified atom stereocenters. The van der Waals surface area contributed by atoms with E-state index in [2.05, 4.69) is 5.92 Å². The summed E-state index contributed by atoms with van der Waals surface area (Å²) in [6.07, 6.45) is 4.06. The van der Waals surface area contributed by atoms with Crippen molar-refractivity contribution in [2.75, 3.05) is 0 Å². The highest BCUT2D eigenvalue weighted by Crippen LogP contribution is 2.25. The Labute approximate surface area is 80.9 Å². The highest BCUT2D eigenvalue weighted by atomic mass is 35.5. The SMILES string of the molecule is C#C[C@@H](O)c1ccc(Cl)cc1Cl. The van der Waals surface area contributed by atoms with Gasteiger partial charge >= 0.3 is 0 Å². The van der Waals surface area contributed by atoms with Crippen LogP contribution in [0.1, 0.15) is 11.7 Å². The lowest BCUT2D eigenvalue weighted by Crippen LogP contribution is -1.93. The average molecular weight is 201 g/mol. The number of aliphatic hydroxyl groups excluding tert-OH is 1. The van der Waals surface area contributed by atoms with Gasteiger partial charge in [-0.15, -0.1) is 6.42 Å². The van der Waals surface area contributed by atoms with Crippen molar-refractivity contribution in [3.63, 3.8) is 0 Å². The summed E-state index contributed by atoms with van der Waals surface area (Å²) in [6.45, 7) is 0. The summed E-state index contributed by atoms with van der Waals surface area (Å²) in [5.41, 5.74) is 0.503. The van der Waals surface area contributed by atoms with Crippen LogP contribution in [0.2, 0.25) is 10.0 Å². The van der Waals surface area contributed by atoms with Crippen molar-refractivity contribution in [3.8, 4) is 12.3 Å². The van der Waals surface area contributed by atoms with Crippen LogP contribution in [-0.2, 0) is 0 Å². The van der Waals surface area contributed by atoms with Crippen LogP contribution >= 0.6 is 23.2 Å². The van der Waals surface area contributed by atoms with Crippen LogP contribution in [0.3, 0.4) is 0 Å². The second-order valence-corrected chi connectivity index (χ2v) is 3.08. The van der Waals surface area contributed by atoms with Gasteiger partial charge in [-0.3, -0.25) is 0 Å². The monoisotopic (exact) mass is 200 g/mol. The molecular weight excluding hydrogens is 195 g/mol. The molecule has 0 bridgehead atoms. The zero-order valence-corrected chi connectivity index (χ0v) is 7.60. The summed E-state index contributed by atoms with van der Waals surface area (Å²) in [6, 6.07) is 4.78. The first-order valence-electron chi connectivity index (χ1n) is 3.24. The van der Waals surface area contributed by atoms with E-state index in [1.54, 1.807) is 18.2 Å². The van der Waals surface area contributed by atoms with Crippen LogP contribution in [0, 0.1) is 12.3 Å². The number of aliphatic hydroxyl groups is 1. The second-order valence-electron chi connectivity index (χ2n) is 2.24. The van der Waals surface area contributed by atoms with Crippen molar-refractivity contribution < 1.29 is 5.11 Å². The van der Waals surface area contributed by atoms with Gasteiger partial charge in [-0.25, -0.2) is 0 Å². The van der Waals surface area contributed by atoms with E-state index in [0.29, 0.717) is 15.6 Å². The summed E-state index contributed by atoms with van der Waals surface area (Å²) in [5.74, 6) is 2.17. The minimum Gasteiger partial charge on any atom is -0.376 e. The smallest absolute Gasteiger partial charge is 0.141 e. The Morgan fingerprint density at radius 1 is 1.42 bits per heavy atom. The van der Waals surface area contributed by atoms with E-state index in [1.165, 1.54) is 0 Å². The zero-order chi connectivity index (χ0) is 9.14. The minimum absolute atomic E-state index is 0.382. The van der Waals surface area contributed by atoms with Crippen molar-refractivity contribution in [2.24, 2.45) is 0 Å². The predicted octanol–water partition coefficient (Wildman–Crippen LogP) is 2.66. The largest absolute Gasteiger partial charge is 0.376 e. The van der Waals surface area contributed by atoms with Crippen LogP contribution in [-0.4, -0.2) is 5.11 Å². The first-order chi connectivity index (χ1) is 5.65. The van der Waals surface area contributed by atoms with Crippen molar-refractivity contribution >= 4 is 23.2 Å². The molecule has 1 atom stereocenters. The first kappa shape index (κ1) is 9.41. The average Bonchev–Trinajstić information content (AvgIpc) is 2.03. The number of terminal acetylenes is 1. The van der Waals surface area contributed by atoms with Gasteiger partial charge < -0.3 is 5.11 Å². The molecule has 0 heterocycles. The number of hydrogen-bond donors (Lipinski definition) is 1. The Bertz CT molecular complexity index is 328. The molecule has 1 aromatic carbocycles. The van der Waals surface area contributed by atoms with Crippen LogP contribution in [0.4, 0.5) is 0 Å². The molecule has 3 heteroatoms. The Kier molecular flexibility index (Phi) is 2.99. The Balaban J connectivity index is 3.11. The summed E-state index contributed by atoms with van der Waals surface area (Å²) in [4.78, 5) is 0. The molecule has 1 nitrogen and oxygen atoms in total. The lowest BCUT2D eigenvalue weighted by molar-refractivity contribution is 0.238. The molecule has 0 aliphatic heterocycles. The van der Waals surface area contributed by atoms with E-state index >= 15 is 0 Å². The third-order valence-electron chi connectivity index (χ3n) is 1.41. The van der Waals surface area contributed by atoms with Gasteiger partial charge in [-0.1, -0.05) is 35.2 Å². The fourth-order valence-corrected chi connectivity index (χ4v) is 1.32. The highest BCUT2D eigenvalue weighted by molar-refractivity contribution is 6.35. The van der Waals surface area contributed by atoms with Gasteiger partial charge in [0.25, 0.3) is 0 Å². The van der Waals surface area contributed by atoms with Crippen molar-refractivity contribution in [3.05, 3.63) is 33.8 Å².